The summed E-state index contributed by atoms with van der Waals surface area (Å²) in [4.78, 5) is 66.7. The van der Waals surface area contributed by atoms with Gasteiger partial charge in [-0.3, -0.25) is 0 Å². The first-order chi connectivity index (χ1) is 22.4. The van der Waals surface area contributed by atoms with E-state index in [0.717, 1.165) is 96.3 Å². The fraction of sp³-hybridized carbons (Fsp3) is 1.00. The van der Waals surface area contributed by atoms with E-state index in [9.17, 15) is 43.1 Å². The molecule has 0 bridgehead atoms. The predicted octanol–water partition coefficient (Wildman–Crippen LogP) is 8.03. The van der Waals surface area contributed by atoms with Crippen LogP contribution in [0.25, 0.3) is 0 Å². The number of hydrogen-bond acceptors (Lipinski definition) is 9. The Balaban J connectivity index is -0.000000199. The smallest absolute Gasteiger partial charge is 0.811 e. The van der Waals surface area contributed by atoms with Gasteiger partial charge in [0.15, 0.2) is 0 Å². The second-order valence-corrected chi connectivity index (χ2v) is 19.3. The Morgan fingerprint density at radius 1 is 0.360 bits per heavy atom. The van der Waals surface area contributed by atoms with Crippen LogP contribution in [-0.4, -0.2) is 17.0 Å². The Morgan fingerprint density at radius 2 is 0.560 bits per heavy atom. The van der Waals surface area contributed by atoms with Gasteiger partial charge in [0, 0.05) is 0 Å². The van der Waals surface area contributed by atoms with E-state index in [-0.39, 0.29) is 81.7 Å². The molecule has 14 heteroatoms. The van der Waals surface area contributed by atoms with Gasteiger partial charge in [-0.05, 0) is 73.3 Å². The minimum atomic E-state index is -4.39. The summed E-state index contributed by atoms with van der Waals surface area (Å²) in [5, 5.41) is 0. The number of rotatable bonds is 27. The van der Waals surface area contributed by atoms with Crippen LogP contribution in [0.3, 0.4) is 0 Å². The van der Waals surface area contributed by atoms with Crippen molar-refractivity contribution in [3.8, 4) is 0 Å². The first-order valence-corrected chi connectivity index (χ1v) is 24.2. The van der Waals surface area contributed by atoms with Crippen molar-refractivity contribution in [2.45, 2.75) is 214 Å². The van der Waals surface area contributed by atoms with Crippen LogP contribution in [0.4, 0.5) is 0 Å². The summed E-state index contributed by atoms with van der Waals surface area (Å²) in [6.07, 6.45) is 18.4. The van der Waals surface area contributed by atoms with Crippen molar-refractivity contribution >= 4 is 22.8 Å². The Bertz CT molecular complexity index is 758. The molecule has 0 amide bonds. The molecular formula is C36H75Nd2O9P3. The van der Waals surface area contributed by atoms with E-state index in [1.165, 1.54) is 0 Å². The molecule has 6 unspecified atom stereocenters. The van der Waals surface area contributed by atoms with Crippen molar-refractivity contribution in [1.82, 2.24) is 0 Å². The summed E-state index contributed by atoms with van der Waals surface area (Å²) in [6.45, 7) is 18.4. The molecular weight excluding hydrogens is 958 g/mol. The van der Waals surface area contributed by atoms with Crippen LogP contribution in [0.1, 0.15) is 197 Å². The maximum atomic E-state index is 11.1. The van der Waals surface area contributed by atoms with Crippen LogP contribution in [0.15, 0.2) is 0 Å². The van der Waals surface area contributed by atoms with E-state index in [2.05, 4.69) is 41.5 Å². The van der Waals surface area contributed by atoms with Crippen molar-refractivity contribution in [3.05, 3.63) is 0 Å². The van der Waals surface area contributed by atoms with Gasteiger partial charge in [-0.1, -0.05) is 181 Å². The summed E-state index contributed by atoms with van der Waals surface area (Å²) in [5.74, 6) is 1.19. The van der Waals surface area contributed by atoms with Crippen molar-refractivity contribution < 1.29 is 125 Å². The Labute approximate surface area is 375 Å². The molecule has 0 aliphatic carbocycles. The quantitative estimate of drug-likeness (QED) is 0.0734. The minimum Gasteiger partial charge on any atom is -0.811 e. The van der Waals surface area contributed by atoms with Crippen molar-refractivity contribution in [1.29, 1.82) is 0 Å². The third-order valence-electron chi connectivity index (χ3n) is 9.65. The molecule has 0 heterocycles. The van der Waals surface area contributed by atoms with Gasteiger partial charge < -0.3 is 43.1 Å². The number of unbranched alkanes of at least 4 members (excludes halogenated alkanes) is 3. The topological polar surface area (TPSA) is 190 Å². The van der Waals surface area contributed by atoms with Crippen molar-refractivity contribution in [3.63, 3.8) is 0 Å². The molecule has 0 saturated carbocycles. The van der Waals surface area contributed by atoms with Crippen LogP contribution in [0.5, 0.6) is 0 Å². The monoisotopic (exact) mass is 1030 g/mol. The van der Waals surface area contributed by atoms with Crippen LogP contribution in [-0.2, 0) is 13.7 Å². The molecule has 0 spiro atoms. The van der Waals surface area contributed by atoms with E-state index >= 15 is 0 Å². The van der Waals surface area contributed by atoms with Gasteiger partial charge >= 0.3 is 81.7 Å². The summed E-state index contributed by atoms with van der Waals surface area (Å²) < 4.78 is 33.4. The number of hydrogen-bond donors (Lipinski definition) is 0. The molecule has 0 aromatic rings. The molecule has 0 saturated heterocycles. The molecule has 0 aromatic carbocycles. The molecule has 50 heavy (non-hydrogen) atoms. The maximum Gasteiger partial charge on any atom is 3.00 e. The predicted molar refractivity (Wildman–Crippen MR) is 193 cm³/mol. The second kappa shape index (κ2) is 37.7. The second-order valence-electron chi connectivity index (χ2n) is 13.9. The molecule has 0 aliphatic heterocycles. The first-order valence-electron chi connectivity index (χ1n) is 19.4. The van der Waals surface area contributed by atoms with Crippen molar-refractivity contribution in [2.24, 2.45) is 17.8 Å². The Morgan fingerprint density at radius 3 is 0.680 bits per heavy atom. The van der Waals surface area contributed by atoms with Crippen molar-refractivity contribution in [2.75, 3.05) is 0 Å². The van der Waals surface area contributed by atoms with Gasteiger partial charge in [-0.15, -0.1) is 0 Å². The first kappa shape index (κ1) is 62.3. The summed E-state index contributed by atoms with van der Waals surface area (Å²) in [6, 6.07) is 0. The van der Waals surface area contributed by atoms with Crippen LogP contribution in [0.2, 0.25) is 0 Å². The molecule has 0 aliphatic rings. The van der Waals surface area contributed by atoms with E-state index in [1.807, 2.05) is 20.8 Å². The zero-order valence-electron chi connectivity index (χ0n) is 33.3. The normalized spacial score (nSPS) is 15.4. The zero-order valence-corrected chi connectivity index (χ0v) is 42.4. The molecule has 0 rings (SSSR count). The zero-order chi connectivity index (χ0) is 37.8. The van der Waals surface area contributed by atoms with Gasteiger partial charge in [0.05, 0.1) is 0 Å². The minimum absolute atomic E-state index is 0. The Kier molecular flexibility index (Phi) is 47.0. The average Bonchev–Trinajstić information content (AvgIpc) is 3.00. The fourth-order valence-electron chi connectivity index (χ4n) is 6.31. The van der Waals surface area contributed by atoms with Crippen LogP contribution < -0.4 is 29.4 Å². The SMILES string of the molecule is CCCCC(CC)CC(CCC)P(=O)([O-])[O-].CCCCC(CC)CC(CCC)P(=O)([O-])[O-].CCCCC(CC)CC(CCC)P(=O)([O-])[O-].[Nd+3].[Nd+3]. The molecule has 0 N–H and O–H groups in total. The average molecular weight is 1030 g/mol. The van der Waals surface area contributed by atoms with E-state index in [4.69, 9.17) is 0 Å². The Hall–Kier alpha value is 3.15. The molecule has 296 valence electrons. The molecule has 0 fully saturated rings. The molecule has 2 radical (unpaired) electrons. The standard InChI is InChI=1S/3C12H27O3P.2Nd/c3*1-4-7-9-11(6-3)10-12(8-5-2)16(13,14)15;;/h3*11-12H,4-10H2,1-3H3,(H2,13,14,15);;/q;;;2*+3/p-6. The van der Waals surface area contributed by atoms with Crippen LogP contribution in [0, 0.1) is 99.4 Å². The van der Waals surface area contributed by atoms with Gasteiger partial charge in [0.25, 0.3) is 0 Å². The van der Waals surface area contributed by atoms with Gasteiger partial charge in [-0.2, -0.15) is 0 Å². The molecule has 0 aromatic heterocycles. The van der Waals surface area contributed by atoms with E-state index < -0.39 is 39.8 Å². The van der Waals surface area contributed by atoms with Gasteiger partial charge in [0.1, 0.15) is 0 Å². The third kappa shape index (κ3) is 35.6. The maximum absolute atomic E-state index is 11.1. The molecule has 6 atom stereocenters. The van der Waals surface area contributed by atoms with E-state index in [0.29, 0.717) is 56.3 Å². The molecule has 9 nitrogen and oxygen atoms in total. The summed E-state index contributed by atoms with van der Waals surface area (Å²) in [5.41, 5.74) is -1.92. The van der Waals surface area contributed by atoms with Gasteiger partial charge in [0.2, 0.25) is 0 Å². The van der Waals surface area contributed by atoms with E-state index in [1.54, 1.807) is 0 Å². The van der Waals surface area contributed by atoms with Crippen LogP contribution >= 0.6 is 22.8 Å². The summed E-state index contributed by atoms with van der Waals surface area (Å²) >= 11 is 0. The largest absolute Gasteiger partial charge is 3.00 e. The summed E-state index contributed by atoms with van der Waals surface area (Å²) in [7, 11) is -13.2. The van der Waals surface area contributed by atoms with Gasteiger partial charge in [-0.25, -0.2) is 0 Å². The fourth-order valence-corrected chi connectivity index (χ4v) is 9.71. The third-order valence-corrected chi connectivity index (χ3v) is 13.7.